The van der Waals surface area contributed by atoms with Gasteiger partial charge in [-0.3, -0.25) is 9.59 Å². The highest BCUT2D eigenvalue weighted by Gasteiger charge is 2.13. The van der Waals surface area contributed by atoms with Crippen LogP contribution in [0.1, 0.15) is 88.2 Å². The van der Waals surface area contributed by atoms with Gasteiger partial charge in [0.15, 0.2) is 11.6 Å². The van der Waals surface area contributed by atoms with E-state index in [4.69, 9.17) is 0 Å². The van der Waals surface area contributed by atoms with Gasteiger partial charge in [0, 0.05) is 12.8 Å². The molecule has 166 valence electrons. The van der Waals surface area contributed by atoms with Gasteiger partial charge >= 0.3 is 0 Å². The normalized spacial score (nSPS) is 21.1. The molecule has 2 aliphatic carbocycles. The zero-order valence-electron chi connectivity index (χ0n) is 19.1. The third-order valence-corrected chi connectivity index (χ3v) is 6.75. The summed E-state index contributed by atoms with van der Waals surface area (Å²) in [6, 6.07) is 17.0. The molecule has 2 heteroatoms. The fourth-order valence-electron chi connectivity index (χ4n) is 4.76. The van der Waals surface area contributed by atoms with Gasteiger partial charge in [0.2, 0.25) is 0 Å². The molecule has 2 fully saturated rings. The molecule has 0 saturated heterocycles. The monoisotopic (exact) mass is 426 g/mol. The Hall–Kier alpha value is -2.74. The average molecular weight is 427 g/mol. The number of ketones is 2. The maximum Gasteiger partial charge on any atom is 0.158 e. The Kier molecular flexibility index (Phi) is 7.87. The van der Waals surface area contributed by atoms with Crippen LogP contribution in [-0.4, -0.2) is 11.6 Å². The molecule has 0 bridgehead atoms. The minimum Gasteiger partial charge on any atom is -0.295 e. The number of hydrogen-bond acceptors (Lipinski definition) is 2. The molecule has 2 nitrogen and oxygen atoms in total. The number of allylic oxidation sites excluding steroid dienone is 2. The van der Waals surface area contributed by atoms with Gasteiger partial charge in [0.1, 0.15) is 0 Å². The lowest BCUT2D eigenvalue weighted by atomic mass is 9.93. The van der Waals surface area contributed by atoms with Gasteiger partial charge in [-0.05, 0) is 84.1 Å². The van der Waals surface area contributed by atoms with Crippen molar-refractivity contribution in [2.75, 3.05) is 0 Å². The number of carbonyl (C=O) groups is 2. The first-order chi connectivity index (χ1) is 15.7. The summed E-state index contributed by atoms with van der Waals surface area (Å²) in [5.74, 6) is 0.641. The molecule has 0 atom stereocenters. The summed E-state index contributed by atoms with van der Waals surface area (Å²) in [6.07, 6.45) is 16.4. The SMILES string of the molecule is O=C1CCCCCCC1=Cc1ccc(-c2ccc(C=C3CCCCCCC3=O)cc2)cc1. The van der Waals surface area contributed by atoms with E-state index in [0.29, 0.717) is 24.4 Å². The van der Waals surface area contributed by atoms with E-state index >= 15 is 0 Å². The molecule has 0 unspecified atom stereocenters. The van der Waals surface area contributed by atoms with Crippen LogP contribution in [0.2, 0.25) is 0 Å². The van der Waals surface area contributed by atoms with Crippen molar-refractivity contribution in [2.45, 2.75) is 77.0 Å². The van der Waals surface area contributed by atoms with Crippen LogP contribution in [0.3, 0.4) is 0 Å². The molecule has 0 spiro atoms. The van der Waals surface area contributed by atoms with Crippen molar-refractivity contribution < 1.29 is 9.59 Å². The molecule has 0 amide bonds. The van der Waals surface area contributed by atoms with Crippen LogP contribution in [0.15, 0.2) is 59.7 Å². The van der Waals surface area contributed by atoms with Crippen molar-refractivity contribution in [1.82, 2.24) is 0 Å². The molecule has 2 saturated carbocycles. The van der Waals surface area contributed by atoms with Crippen LogP contribution in [0.4, 0.5) is 0 Å². The fourth-order valence-corrected chi connectivity index (χ4v) is 4.76. The Morgan fingerprint density at radius 3 is 1.16 bits per heavy atom. The number of hydrogen-bond donors (Lipinski definition) is 0. The van der Waals surface area contributed by atoms with E-state index in [1.54, 1.807) is 0 Å². The Morgan fingerprint density at radius 1 is 0.438 bits per heavy atom. The highest BCUT2D eigenvalue weighted by atomic mass is 16.1. The Balaban J connectivity index is 1.46. The van der Waals surface area contributed by atoms with Crippen LogP contribution in [-0.2, 0) is 9.59 Å². The first kappa shape index (κ1) is 22.5. The minimum atomic E-state index is 0.321. The molecule has 2 aliphatic rings. The Bertz CT molecular complexity index is 907. The van der Waals surface area contributed by atoms with Crippen molar-refractivity contribution in [2.24, 2.45) is 0 Å². The first-order valence-corrected chi connectivity index (χ1v) is 12.4. The summed E-state index contributed by atoms with van der Waals surface area (Å²) >= 11 is 0. The smallest absolute Gasteiger partial charge is 0.158 e. The minimum absolute atomic E-state index is 0.321. The quantitative estimate of drug-likeness (QED) is 0.466. The molecule has 0 aromatic heterocycles. The molecule has 2 aromatic rings. The summed E-state index contributed by atoms with van der Waals surface area (Å²) in [4.78, 5) is 24.8. The van der Waals surface area contributed by atoms with E-state index in [1.807, 2.05) is 0 Å². The Morgan fingerprint density at radius 2 is 0.781 bits per heavy atom. The van der Waals surface area contributed by atoms with E-state index in [0.717, 1.165) is 71.9 Å². The van der Waals surface area contributed by atoms with E-state index in [9.17, 15) is 9.59 Å². The van der Waals surface area contributed by atoms with Crippen molar-refractivity contribution in [1.29, 1.82) is 0 Å². The van der Waals surface area contributed by atoms with Crippen molar-refractivity contribution in [3.8, 4) is 11.1 Å². The van der Waals surface area contributed by atoms with Gasteiger partial charge < -0.3 is 0 Å². The van der Waals surface area contributed by atoms with Gasteiger partial charge in [0.05, 0.1) is 0 Å². The summed E-state index contributed by atoms with van der Waals surface area (Å²) < 4.78 is 0. The molecular weight excluding hydrogens is 392 g/mol. The number of rotatable bonds is 3. The molecule has 0 heterocycles. The molecule has 2 aromatic carbocycles. The zero-order valence-corrected chi connectivity index (χ0v) is 19.1. The van der Waals surface area contributed by atoms with Crippen LogP contribution >= 0.6 is 0 Å². The van der Waals surface area contributed by atoms with E-state index < -0.39 is 0 Å². The lowest BCUT2D eigenvalue weighted by Crippen LogP contribution is -2.05. The van der Waals surface area contributed by atoms with E-state index in [2.05, 4.69) is 60.7 Å². The highest BCUT2D eigenvalue weighted by molar-refractivity contribution is 6.00. The van der Waals surface area contributed by atoms with Crippen LogP contribution in [0.5, 0.6) is 0 Å². The predicted octanol–water partition coefficient (Wildman–Crippen LogP) is 7.97. The highest BCUT2D eigenvalue weighted by Crippen LogP contribution is 2.26. The summed E-state index contributed by atoms with van der Waals surface area (Å²) in [7, 11) is 0. The van der Waals surface area contributed by atoms with Gasteiger partial charge in [-0.1, -0.05) is 74.2 Å². The second-order valence-corrected chi connectivity index (χ2v) is 9.26. The molecule has 0 aliphatic heterocycles. The molecule has 4 rings (SSSR count). The predicted molar refractivity (Wildman–Crippen MR) is 133 cm³/mol. The Labute approximate surface area is 192 Å². The third-order valence-electron chi connectivity index (χ3n) is 6.75. The summed E-state index contributed by atoms with van der Waals surface area (Å²) in [5.41, 5.74) is 6.50. The number of Topliss-reactive ketones (excluding diaryl/α,β-unsaturated/α-hetero) is 2. The number of benzene rings is 2. The molecule has 0 radical (unpaired) electrons. The van der Waals surface area contributed by atoms with Crippen molar-refractivity contribution in [3.05, 3.63) is 70.8 Å². The van der Waals surface area contributed by atoms with E-state index in [1.165, 1.54) is 25.7 Å². The molecular formula is C30H34O2. The summed E-state index contributed by atoms with van der Waals surface area (Å²) in [6.45, 7) is 0. The maximum absolute atomic E-state index is 12.4. The van der Waals surface area contributed by atoms with Crippen molar-refractivity contribution >= 4 is 23.7 Å². The van der Waals surface area contributed by atoms with Gasteiger partial charge in [-0.2, -0.15) is 0 Å². The molecule has 32 heavy (non-hydrogen) atoms. The van der Waals surface area contributed by atoms with Gasteiger partial charge in [-0.25, -0.2) is 0 Å². The lowest BCUT2D eigenvalue weighted by Gasteiger charge is -2.12. The third kappa shape index (κ3) is 6.16. The average Bonchev–Trinajstić information content (AvgIpc) is 2.80. The standard InChI is InChI=1S/C30H34O2/c31-29-11-7-3-1-5-9-27(29)21-23-13-17-25(18-14-23)26-19-15-24(16-20-26)22-28-10-6-2-4-8-12-30(28)32/h13-22H,1-12H2. The lowest BCUT2D eigenvalue weighted by molar-refractivity contribution is -0.116. The van der Waals surface area contributed by atoms with Crippen molar-refractivity contribution in [3.63, 3.8) is 0 Å². The van der Waals surface area contributed by atoms with Crippen LogP contribution in [0.25, 0.3) is 23.3 Å². The second kappa shape index (κ2) is 11.2. The summed E-state index contributed by atoms with van der Waals surface area (Å²) in [5, 5.41) is 0. The maximum atomic E-state index is 12.4. The molecule has 0 N–H and O–H groups in total. The van der Waals surface area contributed by atoms with Crippen LogP contribution < -0.4 is 0 Å². The number of carbonyl (C=O) groups excluding carboxylic acids is 2. The van der Waals surface area contributed by atoms with Crippen LogP contribution in [0, 0.1) is 0 Å². The van der Waals surface area contributed by atoms with E-state index in [-0.39, 0.29) is 0 Å². The van der Waals surface area contributed by atoms with Gasteiger partial charge in [0.25, 0.3) is 0 Å². The second-order valence-electron chi connectivity index (χ2n) is 9.26. The zero-order chi connectivity index (χ0) is 22.2. The first-order valence-electron chi connectivity index (χ1n) is 12.4. The topological polar surface area (TPSA) is 34.1 Å². The fraction of sp³-hybridized carbons (Fsp3) is 0.400. The van der Waals surface area contributed by atoms with Gasteiger partial charge in [-0.15, -0.1) is 0 Å². The largest absolute Gasteiger partial charge is 0.295 e.